The maximum absolute atomic E-state index is 5.84. The molecule has 1 N–H and O–H groups in total. The molecule has 0 saturated heterocycles. The van der Waals surface area contributed by atoms with Gasteiger partial charge in [-0.25, -0.2) is 0 Å². The van der Waals surface area contributed by atoms with Crippen LogP contribution in [-0.2, 0) is 4.74 Å². The average Bonchev–Trinajstić information content (AvgIpc) is 2.70. The third-order valence-electron chi connectivity index (χ3n) is 4.74. The second-order valence-electron chi connectivity index (χ2n) is 5.62. The lowest BCUT2D eigenvalue weighted by Gasteiger charge is -2.47. The minimum atomic E-state index is 0.179. The summed E-state index contributed by atoms with van der Waals surface area (Å²) >= 11 is 0. The standard InChI is InChI=1S/C14H27NO/c1-3-15-13(11-12-7-4-5-8-12)14(16-2)9-6-10-14/h12-13,15H,3-11H2,1-2H3. The molecular weight excluding hydrogens is 198 g/mol. The second kappa shape index (κ2) is 5.50. The van der Waals surface area contributed by atoms with Crippen molar-refractivity contribution >= 4 is 0 Å². The van der Waals surface area contributed by atoms with Crippen LogP contribution in [0.25, 0.3) is 0 Å². The van der Waals surface area contributed by atoms with Gasteiger partial charge in [0.15, 0.2) is 0 Å². The van der Waals surface area contributed by atoms with Crippen LogP contribution in [0.5, 0.6) is 0 Å². The van der Waals surface area contributed by atoms with Crippen molar-refractivity contribution < 1.29 is 4.74 Å². The average molecular weight is 225 g/mol. The molecule has 0 radical (unpaired) electrons. The first-order valence-electron chi connectivity index (χ1n) is 7.09. The molecule has 0 aromatic carbocycles. The first kappa shape index (κ1) is 12.4. The third kappa shape index (κ3) is 2.43. The Bertz CT molecular complexity index is 201. The summed E-state index contributed by atoms with van der Waals surface area (Å²) in [5.74, 6) is 0.955. The molecule has 0 heterocycles. The fourth-order valence-electron chi connectivity index (χ4n) is 3.53. The second-order valence-corrected chi connectivity index (χ2v) is 5.62. The van der Waals surface area contributed by atoms with Crippen molar-refractivity contribution in [1.29, 1.82) is 0 Å². The van der Waals surface area contributed by atoms with Gasteiger partial charge in [-0.3, -0.25) is 0 Å². The molecule has 2 aliphatic rings. The van der Waals surface area contributed by atoms with E-state index in [1.165, 1.54) is 51.4 Å². The van der Waals surface area contributed by atoms with Gasteiger partial charge in [-0.15, -0.1) is 0 Å². The van der Waals surface area contributed by atoms with E-state index in [2.05, 4.69) is 12.2 Å². The van der Waals surface area contributed by atoms with Crippen LogP contribution in [0.4, 0.5) is 0 Å². The third-order valence-corrected chi connectivity index (χ3v) is 4.74. The molecule has 94 valence electrons. The smallest absolute Gasteiger partial charge is 0.0831 e. The Morgan fingerprint density at radius 3 is 2.38 bits per heavy atom. The monoisotopic (exact) mass is 225 g/mol. The van der Waals surface area contributed by atoms with Gasteiger partial charge < -0.3 is 10.1 Å². The van der Waals surface area contributed by atoms with Crippen molar-refractivity contribution in [1.82, 2.24) is 5.32 Å². The maximum atomic E-state index is 5.84. The quantitative estimate of drug-likeness (QED) is 0.750. The summed E-state index contributed by atoms with van der Waals surface area (Å²) in [6.45, 7) is 3.28. The van der Waals surface area contributed by atoms with Crippen molar-refractivity contribution in [3.05, 3.63) is 0 Å². The van der Waals surface area contributed by atoms with Crippen molar-refractivity contribution in [3.63, 3.8) is 0 Å². The van der Waals surface area contributed by atoms with E-state index in [9.17, 15) is 0 Å². The van der Waals surface area contributed by atoms with Gasteiger partial charge >= 0.3 is 0 Å². The minimum Gasteiger partial charge on any atom is -0.377 e. The zero-order chi connectivity index (χ0) is 11.4. The van der Waals surface area contributed by atoms with E-state index in [1.54, 1.807) is 0 Å². The van der Waals surface area contributed by atoms with Crippen LogP contribution in [0.15, 0.2) is 0 Å². The molecule has 0 spiro atoms. The first-order valence-corrected chi connectivity index (χ1v) is 7.09. The molecule has 0 aromatic rings. The van der Waals surface area contributed by atoms with Gasteiger partial charge in [0.1, 0.15) is 0 Å². The lowest BCUT2D eigenvalue weighted by atomic mass is 9.71. The van der Waals surface area contributed by atoms with Crippen molar-refractivity contribution in [2.24, 2.45) is 5.92 Å². The minimum absolute atomic E-state index is 0.179. The summed E-state index contributed by atoms with van der Waals surface area (Å²) < 4.78 is 5.84. The highest BCUT2D eigenvalue weighted by molar-refractivity contribution is 5.00. The number of hydrogen-bond donors (Lipinski definition) is 1. The number of likely N-dealkylation sites (N-methyl/N-ethyl adjacent to an activating group) is 1. The normalized spacial score (nSPS) is 26.6. The molecule has 2 saturated carbocycles. The number of ether oxygens (including phenoxy) is 1. The highest BCUT2D eigenvalue weighted by Crippen LogP contribution is 2.41. The Labute approximate surface area is 100 Å². The maximum Gasteiger partial charge on any atom is 0.0831 e. The topological polar surface area (TPSA) is 21.3 Å². The van der Waals surface area contributed by atoms with Gasteiger partial charge in [0, 0.05) is 13.2 Å². The van der Waals surface area contributed by atoms with E-state index in [1.807, 2.05) is 7.11 Å². The van der Waals surface area contributed by atoms with Crippen LogP contribution in [0.2, 0.25) is 0 Å². The van der Waals surface area contributed by atoms with Crippen LogP contribution in [0.3, 0.4) is 0 Å². The number of rotatable bonds is 6. The molecular formula is C14H27NO. The molecule has 1 unspecified atom stereocenters. The van der Waals surface area contributed by atoms with Crippen LogP contribution in [-0.4, -0.2) is 25.3 Å². The molecule has 0 bridgehead atoms. The largest absolute Gasteiger partial charge is 0.377 e. The SMILES string of the molecule is CCNC(CC1CCCC1)C1(OC)CCC1. The molecule has 16 heavy (non-hydrogen) atoms. The van der Waals surface area contributed by atoms with Gasteiger partial charge in [-0.2, -0.15) is 0 Å². The summed E-state index contributed by atoms with van der Waals surface area (Å²) in [6.07, 6.45) is 11.0. The molecule has 2 rings (SSSR count). The summed E-state index contributed by atoms with van der Waals surface area (Å²) in [7, 11) is 1.90. The molecule has 2 fully saturated rings. The van der Waals surface area contributed by atoms with Gasteiger partial charge in [-0.05, 0) is 38.1 Å². The fourth-order valence-corrected chi connectivity index (χ4v) is 3.53. The van der Waals surface area contributed by atoms with Gasteiger partial charge in [0.2, 0.25) is 0 Å². The highest BCUT2D eigenvalue weighted by Gasteiger charge is 2.44. The predicted octanol–water partition coefficient (Wildman–Crippen LogP) is 3.11. The Morgan fingerprint density at radius 1 is 1.25 bits per heavy atom. The summed E-state index contributed by atoms with van der Waals surface area (Å²) in [6, 6.07) is 0.597. The zero-order valence-corrected chi connectivity index (χ0v) is 10.9. The summed E-state index contributed by atoms with van der Waals surface area (Å²) in [4.78, 5) is 0. The van der Waals surface area contributed by atoms with E-state index in [4.69, 9.17) is 4.74 Å². The van der Waals surface area contributed by atoms with E-state index in [-0.39, 0.29) is 5.60 Å². The van der Waals surface area contributed by atoms with E-state index < -0.39 is 0 Å². The molecule has 1 atom stereocenters. The molecule has 2 aliphatic carbocycles. The number of methoxy groups -OCH3 is 1. The molecule has 2 nitrogen and oxygen atoms in total. The lowest BCUT2D eigenvalue weighted by Crippen LogP contribution is -2.56. The zero-order valence-electron chi connectivity index (χ0n) is 10.9. The van der Waals surface area contributed by atoms with Crippen LogP contribution in [0, 0.1) is 5.92 Å². The van der Waals surface area contributed by atoms with Crippen LogP contribution >= 0.6 is 0 Å². The van der Waals surface area contributed by atoms with Crippen molar-refractivity contribution in [2.75, 3.05) is 13.7 Å². The molecule has 2 heteroatoms. The van der Waals surface area contributed by atoms with Crippen LogP contribution < -0.4 is 5.32 Å². The summed E-state index contributed by atoms with van der Waals surface area (Å²) in [5, 5.41) is 3.68. The Hall–Kier alpha value is -0.0800. The summed E-state index contributed by atoms with van der Waals surface area (Å²) in [5.41, 5.74) is 0.179. The predicted molar refractivity (Wildman–Crippen MR) is 67.6 cm³/mol. The Kier molecular flexibility index (Phi) is 4.26. The molecule has 0 amide bonds. The van der Waals surface area contributed by atoms with Gasteiger partial charge in [0.25, 0.3) is 0 Å². The van der Waals surface area contributed by atoms with Crippen molar-refractivity contribution in [3.8, 4) is 0 Å². The van der Waals surface area contributed by atoms with Crippen molar-refractivity contribution in [2.45, 2.75) is 69.9 Å². The van der Waals surface area contributed by atoms with E-state index in [0.29, 0.717) is 6.04 Å². The Morgan fingerprint density at radius 2 is 1.94 bits per heavy atom. The first-order chi connectivity index (χ1) is 7.80. The van der Waals surface area contributed by atoms with Gasteiger partial charge in [-0.1, -0.05) is 32.6 Å². The number of hydrogen-bond acceptors (Lipinski definition) is 2. The van der Waals surface area contributed by atoms with E-state index in [0.717, 1.165) is 12.5 Å². The molecule has 0 aromatic heterocycles. The Balaban J connectivity index is 1.92. The van der Waals surface area contributed by atoms with Gasteiger partial charge in [0.05, 0.1) is 5.60 Å². The highest BCUT2D eigenvalue weighted by atomic mass is 16.5. The fraction of sp³-hybridized carbons (Fsp3) is 1.00. The van der Waals surface area contributed by atoms with E-state index >= 15 is 0 Å². The molecule has 0 aliphatic heterocycles. The number of nitrogens with one attached hydrogen (secondary N) is 1. The van der Waals surface area contributed by atoms with Crippen LogP contribution in [0.1, 0.15) is 58.3 Å². The lowest BCUT2D eigenvalue weighted by molar-refractivity contribution is -0.102.